The quantitative estimate of drug-likeness (QED) is 0.553. The van der Waals surface area contributed by atoms with Crippen LogP contribution in [0.4, 0.5) is 0 Å². The summed E-state index contributed by atoms with van der Waals surface area (Å²) < 4.78 is 5.66. The maximum Gasteiger partial charge on any atom is 0.258 e. The van der Waals surface area contributed by atoms with Gasteiger partial charge in [0, 0.05) is 11.1 Å². The summed E-state index contributed by atoms with van der Waals surface area (Å²) in [6.07, 6.45) is 0. The first-order valence-corrected chi connectivity index (χ1v) is 8.64. The molecule has 0 unspecified atom stereocenters. The Morgan fingerprint density at radius 3 is 3.00 bits per heavy atom. The Balaban J connectivity index is 1.64. The number of aromatic nitrogens is 3. The average molecular weight is 358 g/mol. The average Bonchev–Trinajstić information content (AvgIpc) is 2.96. The molecule has 0 radical (unpaired) electrons. The molecule has 0 aliphatic rings. The fourth-order valence-corrected chi connectivity index (χ4v) is 3.36. The van der Waals surface area contributed by atoms with Gasteiger partial charge in [0.15, 0.2) is 5.58 Å². The largest absolute Gasteiger partial charge is 0.431 e. The van der Waals surface area contributed by atoms with Crippen molar-refractivity contribution in [2.75, 3.05) is 0 Å². The number of thioether (sulfide) groups is 1. The van der Waals surface area contributed by atoms with Gasteiger partial charge < -0.3 is 9.40 Å². The Morgan fingerprint density at radius 1 is 1.25 bits per heavy atom. The highest BCUT2D eigenvalue weighted by Gasteiger charge is 2.10. The van der Waals surface area contributed by atoms with Gasteiger partial charge in [-0.1, -0.05) is 35.5 Å². The van der Waals surface area contributed by atoms with Crippen molar-refractivity contribution in [3.63, 3.8) is 0 Å². The molecular formula is C17H12ClN3O2S. The topological polar surface area (TPSA) is 71.8 Å². The number of halogens is 1. The summed E-state index contributed by atoms with van der Waals surface area (Å²) in [4.78, 5) is 23.9. The molecule has 0 saturated carbocycles. The second kappa shape index (κ2) is 5.96. The molecule has 0 atom stereocenters. The van der Waals surface area contributed by atoms with Gasteiger partial charge >= 0.3 is 0 Å². The third kappa shape index (κ3) is 2.79. The summed E-state index contributed by atoms with van der Waals surface area (Å²) in [5.74, 6) is 1.05. The second-order valence-electron chi connectivity index (χ2n) is 5.36. The second-order valence-corrected chi connectivity index (χ2v) is 6.73. The molecule has 24 heavy (non-hydrogen) atoms. The number of nitrogens with zero attached hydrogens (tertiary/aromatic N) is 2. The van der Waals surface area contributed by atoms with Gasteiger partial charge in [-0.2, -0.15) is 0 Å². The van der Waals surface area contributed by atoms with Crippen molar-refractivity contribution in [2.24, 2.45) is 0 Å². The highest BCUT2D eigenvalue weighted by Crippen LogP contribution is 2.27. The number of benzene rings is 2. The van der Waals surface area contributed by atoms with E-state index in [0.29, 0.717) is 32.8 Å². The zero-order chi connectivity index (χ0) is 16.7. The monoisotopic (exact) mass is 357 g/mol. The van der Waals surface area contributed by atoms with E-state index in [9.17, 15) is 4.79 Å². The minimum atomic E-state index is -0.136. The Bertz CT molecular complexity index is 1120. The highest BCUT2D eigenvalue weighted by molar-refractivity contribution is 7.98. The van der Waals surface area contributed by atoms with Crippen LogP contribution in [0, 0.1) is 6.92 Å². The van der Waals surface area contributed by atoms with E-state index in [1.54, 1.807) is 18.2 Å². The predicted molar refractivity (Wildman–Crippen MR) is 95.7 cm³/mol. The van der Waals surface area contributed by atoms with Gasteiger partial charge in [-0.15, -0.1) is 0 Å². The third-order valence-electron chi connectivity index (χ3n) is 3.65. The third-order valence-corrected chi connectivity index (χ3v) is 4.72. The van der Waals surface area contributed by atoms with E-state index in [1.165, 1.54) is 11.8 Å². The van der Waals surface area contributed by atoms with Crippen LogP contribution in [-0.4, -0.2) is 15.0 Å². The first-order valence-electron chi connectivity index (χ1n) is 7.27. The number of rotatable bonds is 3. The molecular weight excluding hydrogens is 346 g/mol. The number of nitrogens with one attached hydrogen (secondary N) is 1. The van der Waals surface area contributed by atoms with E-state index in [1.807, 2.05) is 25.1 Å². The summed E-state index contributed by atoms with van der Waals surface area (Å²) in [6, 6.07) is 10.9. The Morgan fingerprint density at radius 2 is 2.12 bits per heavy atom. The van der Waals surface area contributed by atoms with Crippen LogP contribution >= 0.6 is 23.4 Å². The van der Waals surface area contributed by atoms with E-state index in [2.05, 4.69) is 15.0 Å². The fraction of sp³-hybridized carbons (Fsp3) is 0.118. The van der Waals surface area contributed by atoms with Gasteiger partial charge in [-0.05, 0) is 30.7 Å². The molecule has 1 N–H and O–H groups in total. The van der Waals surface area contributed by atoms with Crippen molar-refractivity contribution in [3.05, 3.63) is 63.2 Å². The molecule has 4 rings (SSSR count). The number of hydrogen-bond donors (Lipinski definition) is 1. The maximum absolute atomic E-state index is 12.2. The number of oxazole rings is 1. The Labute approximate surface area is 146 Å². The number of hydrogen-bond acceptors (Lipinski definition) is 5. The molecule has 2 aromatic carbocycles. The first kappa shape index (κ1) is 15.2. The van der Waals surface area contributed by atoms with Gasteiger partial charge in [0.1, 0.15) is 11.3 Å². The lowest BCUT2D eigenvalue weighted by atomic mass is 10.1. The molecule has 120 valence electrons. The number of H-pyrrole nitrogens is 1. The van der Waals surface area contributed by atoms with Crippen LogP contribution in [0.1, 0.15) is 11.4 Å². The molecule has 7 heteroatoms. The summed E-state index contributed by atoms with van der Waals surface area (Å²) in [6.45, 7) is 1.94. The standard InChI is InChI=1S/C17H12ClN3O2S/c1-9-3-2-4-11-15(9)20-14(21-16(11)22)8-24-17-19-12-6-5-10(18)7-13(12)23-17/h2-7H,8H2,1H3,(H,20,21,22). The van der Waals surface area contributed by atoms with Crippen LogP contribution in [0.5, 0.6) is 0 Å². The Hall–Kier alpha value is -2.31. The molecule has 2 aromatic heterocycles. The SMILES string of the molecule is Cc1cccc2c(=O)[nH]c(CSc3nc4ccc(Cl)cc4o3)nc12. The Kier molecular flexibility index (Phi) is 3.78. The molecule has 5 nitrogen and oxygen atoms in total. The summed E-state index contributed by atoms with van der Waals surface area (Å²) in [5, 5.41) is 1.71. The van der Waals surface area contributed by atoms with Crippen molar-refractivity contribution in [2.45, 2.75) is 17.9 Å². The van der Waals surface area contributed by atoms with E-state index in [-0.39, 0.29) is 5.56 Å². The normalized spacial score (nSPS) is 11.4. The van der Waals surface area contributed by atoms with Gasteiger partial charge in [0.05, 0.1) is 16.7 Å². The van der Waals surface area contributed by atoms with Crippen LogP contribution in [-0.2, 0) is 5.75 Å². The smallest absolute Gasteiger partial charge is 0.258 e. The number of para-hydroxylation sites is 1. The van der Waals surface area contributed by atoms with Gasteiger partial charge in [-0.25, -0.2) is 9.97 Å². The van der Waals surface area contributed by atoms with E-state index >= 15 is 0 Å². The van der Waals surface area contributed by atoms with Crippen LogP contribution in [0.25, 0.3) is 22.0 Å². The van der Waals surface area contributed by atoms with Crippen LogP contribution in [0.3, 0.4) is 0 Å². The lowest BCUT2D eigenvalue weighted by Gasteiger charge is -2.03. The zero-order valence-corrected chi connectivity index (χ0v) is 14.2. The molecule has 4 aromatic rings. The minimum absolute atomic E-state index is 0.136. The van der Waals surface area contributed by atoms with E-state index < -0.39 is 0 Å². The number of fused-ring (bicyclic) bond motifs is 2. The molecule has 0 fully saturated rings. The van der Waals surface area contributed by atoms with Gasteiger partial charge in [-0.3, -0.25) is 4.79 Å². The van der Waals surface area contributed by atoms with Gasteiger partial charge in [0.2, 0.25) is 0 Å². The molecule has 0 amide bonds. The van der Waals surface area contributed by atoms with Crippen molar-refractivity contribution in [1.29, 1.82) is 0 Å². The first-order chi connectivity index (χ1) is 11.6. The molecule has 0 aliphatic heterocycles. The molecule has 2 heterocycles. The van der Waals surface area contributed by atoms with Gasteiger partial charge in [0.25, 0.3) is 10.8 Å². The van der Waals surface area contributed by atoms with Crippen LogP contribution < -0.4 is 5.56 Å². The number of aromatic amines is 1. The molecule has 0 bridgehead atoms. The van der Waals surface area contributed by atoms with Crippen molar-refractivity contribution in [1.82, 2.24) is 15.0 Å². The maximum atomic E-state index is 12.2. The summed E-state index contributed by atoms with van der Waals surface area (Å²) in [7, 11) is 0. The molecule has 0 aliphatic carbocycles. The summed E-state index contributed by atoms with van der Waals surface area (Å²) in [5.41, 5.74) is 2.95. The van der Waals surface area contributed by atoms with Crippen molar-refractivity contribution < 1.29 is 4.42 Å². The van der Waals surface area contributed by atoms with Crippen molar-refractivity contribution >= 4 is 45.4 Å². The lowest BCUT2D eigenvalue weighted by molar-refractivity contribution is 0.489. The van der Waals surface area contributed by atoms with Crippen LogP contribution in [0.15, 0.2) is 50.8 Å². The lowest BCUT2D eigenvalue weighted by Crippen LogP contribution is -2.11. The zero-order valence-electron chi connectivity index (χ0n) is 12.7. The summed E-state index contributed by atoms with van der Waals surface area (Å²) >= 11 is 7.32. The number of aryl methyl sites for hydroxylation is 1. The predicted octanol–water partition coefficient (Wildman–Crippen LogP) is 4.32. The minimum Gasteiger partial charge on any atom is -0.431 e. The molecule has 0 saturated heterocycles. The highest BCUT2D eigenvalue weighted by atomic mass is 35.5. The van der Waals surface area contributed by atoms with Crippen molar-refractivity contribution in [3.8, 4) is 0 Å². The van der Waals surface area contributed by atoms with Crippen LogP contribution in [0.2, 0.25) is 5.02 Å². The van der Waals surface area contributed by atoms with E-state index in [0.717, 1.165) is 16.6 Å². The molecule has 0 spiro atoms. The van der Waals surface area contributed by atoms with E-state index in [4.69, 9.17) is 16.0 Å². The fourth-order valence-electron chi connectivity index (χ4n) is 2.49.